The maximum atomic E-state index is 12.6. The fourth-order valence-corrected chi connectivity index (χ4v) is 7.12. The zero-order valence-electron chi connectivity index (χ0n) is 28.7. The lowest BCUT2D eigenvalue weighted by Gasteiger charge is -2.20. The van der Waals surface area contributed by atoms with Crippen LogP contribution in [-0.2, 0) is 22.7 Å². The van der Waals surface area contributed by atoms with Crippen molar-refractivity contribution in [2.75, 3.05) is 14.2 Å². The van der Waals surface area contributed by atoms with Gasteiger partial charge in [0.15, 0.2) is 0 Å². The van der Waals surface area contributed by atoms with Gasteiger partial charge in [-0.2, -0.15) is 0 Å². The smallest absolute Gasteiger partial charge is 0.338 e. The van der Waals surface area contributed by atoms with Gasteiger partial charge >= 0.3 is 11.9 Å². The fraction of sp³-hybridized carbons (Fsp3) is 0.0870. The first-order chi connectivity index (χ1) is 25.6. The topological polar surface area (TPSA) is 71.1 Å². The second-order valence-corrected chi connectivity index (χ2v) is 12.5. The van der Waals surface area contributed by atoms with E-state index >= 15 is 0 Å². The van der Waals surface area contributed by atoms with Crippen molar-refractivity contribution in [1.82, 2.24) is 0 Å². The minimum Gasteiger partial charge on any atom is -0.488 e. The standard InChI is InChI=1S/C46H34O6/c1-49-45(47)39-23-19-31(33-13-7-9-17-37(33)39)27-51-41-25-21-29-11-3-5-15-35(29)43(41)44-36-16-6-4-12-30(36)22-26-42(44)52-28-32-20-24-40(46(48)50-2)38-18-10-8-14-34(32)38/h3-26H,27-28H2,1-2H3. The predicted molar refractivity (Wildman–Crippen MR) is 206 cm³/mol. The molecule has 0 bridgehead atoms. The molecule has 254 valence electrons. The summed E-state index contributed by atoms with van der Waals surface area (Å²) in [7, 11) is 2.78. The van der Waals surface area contributed by atoms with Crippen LogP contribution in [0, 0.1) is 0 Å². The Hall–Kier alpha value is -6.66. The van der Waals surface area contributed by atoms with Crippen LogP contribution >= 0.6 is 0 Å². The first-order valence-electron chi connectivity index (χ1n) is 17.0. The summed E-state index contributed by atoms with van der Waals surface area (Å²) in [6.07, 6.45) is 0. The number of hydrogen-bond donors (Lipinski definition) is 0. The summed E-state index contributed by atoms with van der Waals surface area (Å²) >= 11 is 0. The summed E-state index contributed by atoms with van der Waals surface area (Å²) in [6, 6.07) is 47.8. The maximum absolute atomic E-state index is 12.6. The van der Waals surface area contributed by atoms with Gasteiger partial charge in [-0.05, 0) is 78.5 Å². The molecule has 6 heteroatoms. The number of ether oxygens (including phenoxy) is 4. The second-order valence-electron chi connectivity index (χ2n) is 12.5. The second kappa shape index (κ2) is 13.9. The van der Waals surface area contributed by atoms with Gasteiger partial charge in [0.05, 0.1) is 25.3 Å². The highest BCUT2D eigenvalue weighted by molar-refractivity contribution is 6.10. The Labute approximate surface area is 300 Å². The van der Waals surface area contributed by atoms with Gasteiger partial charge in [-0.1, -0.05) is 121 Å². The van der Waals surface area contributed by atoms with Gasteiger partial charge in [-0.3, -0.25) is 0 Å². The van der Waals surface area contributed by atoms with Gasteiger partial charge in [0.25, 0.3) is 0 Å². The van der Waals surface area contributed by atoms with Crippen molar-refractivity contribution in [3.8, 4) is 22.6 Å². The molecular weight excluding hydrogens is 648 g/mol. The van der Waals surface area contributed by atoms with Crippen LogP contribution in [-0.4, -0.2) is 26.2 Å². The number of fused-ring (bicyclic) bond motifs is 4. The van der Waals surface area contributed by atoms with Crippen LogP contribution in [0.3, 0.4) is 0 Å². The lowest BCUT2D eigenvalue weighted by atomic mass is 9.92. The SMILES string of the molecule is COC(=O)c1ccc(COc2ccc3ccccc3c2-c2c(OCc3ccc(C(=O)OC)c4ccccc34)ccc3ccccc23)c2ccccc12. The van der Waals surface area contributed by atoms with E-state index in [0.717, 1.165) is 65.3 Å². The summed E-state index contributed by atoms with van der Waals surface area (Å²) < 4.78 is 23.7. The van der Waals surface area contributed by atoms with Gasteiger partial charge in [-0.15, -0.1) is 0 Å². The van der Waals surface area contributed by atoms with E-state index in [-0.39, 0.29) is 25.2 Å². The minimum atomic E-state index is -0.378. The highest BCUT2D eigenvalue weighted by atomic mass is 16.5. The molecule has 0 saturated carbocycles. The van der Waals surface area contributed by atoms with E-state index in [1.165, 1.54) is 14.2 Å². The highest BCUT2D eigenvalue weighted by Crippen LogP contribution is 2.46. The number of methoxy groups -OCH3 is 2. The van der Waals surface area contributed by atoms with E-state index in [0.29, 0.717) is 22.6 Å². The molecule has 8 aromatic carbocycles. The third kappa shape index (κ3) is 5.84. The average molecular weight is 683 g/mol. The van der Waals surface area contributed by atoms with E-state index in [1.807, 2.05) is 97.1 Å². The van der Waals surface area contributed by atoms with Crippen molar-refractivity contribution in [2.24, 2.45) is 0 Å². The van der Waals surface area contributed by atoms with E-state index in [4.69, 9.17) is 18.9 Å². The summed E-state index contributed by atoms with van der Waals surface area (Å²) in [5.41, 5.74) is 4.76. The third-order valence-corrected chi connectivity index (χ3v) is 9.64. The van der Waals surface area contributed by atoms with Crippen molar-refractivity contribution in [1.29, 1.82) is 0 Å². The molecule has 8 aromatic rings. The van der Waals surface area contributed by atoms with Crippen LogP contribution in [0.25, 0.3) is 54.2 Å². The molecule has 0 amide bonds. The Morgan fingerprint density at radius 3 is 1.17 bits per heavy atom. The molecule has 0 spiro atoms. The van der Waals surface area contributed by atoms with Gasteiger partial charge in [0.1, 0.15) is 24.7 Å². The van der Waals surface area contributed by atoms with Crippen LogP contribution < -0.4 is 9.47 Å². The molecule has 8 rings (SSSR count). The number of carbonyl (C=O) groups is 2. The molecule has 0 radical (unpaired) electrons. The quantitative estimate of drug-likeness (QED) is 0.141. The van der Waals surface area contributed by atoms with Crippen LogP contribution in [0.2, 0.25) is 0 Å². The third-order valence-electron chi connectivity index (χ3n) is 9.64. The first-order valence-corrected chi connectivity index (χ1v) is 17.0. The normalized spacial score (nSPS) is 11.2. The fourth-order valence-electron chi connectivity index (χ4n) is 7.12. The summed E-state index contributed by atoms with van der Waals surface area (Å²) in [5, 5.41) is 7.67. The van der Waals surface area contributed by atoms with Crippen LogP contribution in [0.5, 0.6) is 11.5 Å². The molecule has 0 aliphatic heterocycles. The predicted octanol–water partition coefficient (Wildman–Crippen LogP) is 10.7. The Morgan fingerprint density at radius 1 is 0.404 bits per heavy atom. The first kappa shape index (κ1) is 32.5. The van der Waals surface area contributed by atoms with Crippen LogP contribution in [0.15, 0.2) is 146 Å². The molecule has 0 fully saturated rings. The molecule has 0 unspecified atom stereocenters. The molecule has 6 nitrogen and oxygen atoms in total. The van der Waals surface area contributed by atoms with Gasteiger partial charge in [0, 0.05) is 11.1 Å². The lowest BCUT2D eigenvalue weighted by molar-refractivity contribution is 0.0594. The molecule has 0 heterocycles. The van der Waals surface area contributed by atoms with Crippen molar-refractivity contribution in [3.05, 3.63) is 168 Å². The largest absolute Gasteiger partial charge is 0.488 e. The Morgan fingerprint density at radius 2 is 0.769 bits per heavy atom. The van der Waals surface area contributed by atoms with E-state index in [1.54, 1.807) is 12.1 Å². The van der Waals surface area contributed by atoms with Crippen molar-refractivity contribution in [2.45, 2.75) is 13.2 Å². The average Bonchev–Trinajstić information content (AvgIpc) is 3.21. The van der Waals surface area contributed by atoms with E-state index < -0.39 is 0 Å². The number of hydrogen-bond acceptors (Lipinski definition) is 6. The summed E-state index contributed by atoms with van der Waals surface area (Å²) in [5.74, 6) is 0.649. The van der Waals surface area contributed by atoms with E-state index in [2.05, 4.69) is 36.4 Å². The minimum absolute atomic E-state index is 0.271. The molecule has 0 aliphatic rings. The number of carbonyl (C=O) groups excluding carboxylic acids is 2. The monoisotopic (exact) mass is 682 g/mol. The van der Waals surface area contributed by atoms with Gasteiger partial charge in [-0.25, -0.2) is 9.59 Å². The summed E-state index contributed by atoms with van der Waals surface area (Å²) in [6.45, 7) is 0.541. The highest BCUT2D eigenvalue weighted by Gasteiger charge is 2.21. The van der Waals surface area contributed by atoms with Crippen molar-refractivity contribution >= 4 is 55.0 Å². The molecule has 0 atom stereocenters. The zero-order chi connectivity index (χ0) is 35.6. The maximum Gasteiger partial charge on any atom is 0.338 e. The van der Waals surface area contributed by atoms with Crippen LogP contribution in [0.4, 0.5) is 0 Å². The number of rotatable bonds is 9. The lowest BCUT2D eigenvalue weighted by Crippen LogP contribution is -2.05. The van der Waals surface area contributed by atoms with Crippen molar-refractivity contribution < 1.29 is 28.5 Å². The molecule has 0 aromatic heterocycles. The number of benzene rings is 8. The zero-order valence-corrected chi connectivity index (χ0v) is 28.7. The van der Waals surface area contributed by atoms with E-state index in [9.17, 15) is 9.59 Å². The Kier molecular flexibility index (Phi) is 8.71. The molecule has 0 saturated heterocycles. The molecule has 0 N–H and O–H groups in total. The number of esters is 2. The molecule has 52 heavy (non-hydrogen) atoms. The molecule has 0 aliphatic carbocycles. The summed E-state index contributed by atoms with van der Waals surface area (Å²) in [4.78, 5) is 25.1. The Balaban J connectivity index is 1.25. The van der Waals surface area contributed by atoms with Gasteiger partial charge < -0.3 is 18.9 Å². The van der Waals surface area contributed by atoms with Crippen LogP contribution in [0.1, 0.15) is 31.8 Å². The van der Waals surface area contributed by atoms with Crippen molar-refractivity contribution in [3.63, 3.8) is 0 Å². The molecular formula is C46H34O6. The van der Waals surface area contributed by atoms with Gasteiger partial charge in [0.2, 0.25) is 0 Å². The Bertz CT molecular complexity index is 2470.